The Balaban J connectivity index is 1.69. The van der Waals surface area contributed by atoms with E-state index in [-0.39, 0.29) is 11.8 Å². The first-order valence-electron chi connectivity index (χ1n) is 10.1. The third kappa shape index (κ3) is 3.98. The number of hydrogen-bond donors (Lipinski definition) is 1. The Morgan fingerprint density at radius 1 is 1.28 bits per heavy atom. The highest BCUT2D eigenvalue weighted by atomic mass is 16.5. The molecule has 6 nitrogen and oxygen atoms in total. The number of methoxy groups -OCH3 is 1. The number of carbonyl (C=O) groups excluding carboxylic acids is 1. The molecule has 0 saturated carbocycles. The van der Waals surface area contributed by atoms with Crippen molar-refractivity contribution in [1.29, 1.82) is 0 Å². The molecule has 1 aromatic heterocycles. The molecule has 152 valence electrons. The number of aromatic amines is 1. The average molecular weight is 393 g/mol. The molecule has 1 aliphatic heterocycles. The fourth-order valence-electron chi connectivity index (χ4n) is 3.98. The Morgan fingerprint density at radius 3 is 2.79 bits per heavy atom. The number of benzene rings is 2. The number of hydrogen-bond acceptors (Lipinski definition) is 4. The van der Waals surface area contributed by atoms with Crippen LogP contribution in [0.15, 0.2) is 42.5 Å². The van der Waals surface area contributed by atoms with Gasteiger partial charge in [0.2, 0.25) is 0 Å². The Bertz CT molecular complexity index is 996. The van der Waals surface area contributed by atoms with Gasteiger partial charge in [-0.1, -0.05) is 25.5 Å². The van der Waals surface area contributed by atoms with Gasteiger partial charge >= 0.3 is 0 Å². The third-order valence-corrected chi connectivity index (χ3v) is 5.64. The summed E-state index contributed by atoms with van der Waals surface area (Å²) in [7, 11) is 1.65. The van der Waals surface area contributed by atoms with E-state index in [1.165, 1.54) is 0 Å². The largest absolute Gasteiger partial charge is 0.497 e. The number of imidazole rings is 1. The van der Waals surface area contributed by atoms with Crippen LogP contribution in [0.5, 0.6) is 5.75 Å². The topological polar surface area (TPSA) is 67.4 Å². The molecule has 2 aromatic carbocycles. The zero-order valence-corrected chi connectivity index (χ0v) is 17.1. The third-order valence-electron chi connectivity index (χ3n) is 5.64. The first-order chi connectivity index (χ1) is 14.1. The van der Waals surface area contributed by atoms with E-state index in [4.69, 9.17) is 9.47 Å². The lowest BCUT2D eigenvalue weighted by molar-refractivity contribution is -0.129. The van der Waals surface area contributed by atoms with Crippen molar-refractivity contribution < 1.29 is 14.3 Å². The Morgan fingerprint density at radius 2 is 2.07 bits per heavy atom. The minimum atomic E-state index is -0.391. The molecule has 0 bridgehead atoms. The predicted molar refractivity (Wildman–Crippen MR) is 113 cm³/mol. The summed E-state index contributed by atoms with van der Waals surface area (Å²) in [6, 6.07) is 13.7. The number of H-pyrrole nitrogens is 1. The maximum atomic E-state index is 13.5. The number of aromatic nitrogens is 2. The van der Waals surface area contributed by atoms with Gasteiger partial charge in [0.15, 0.2) is 0 Å². The van der Waals surface area contributed by atoms with Gasteiger partial charge in [-0.3, -0.25) is 4.79 Å². The van der Waals surface area contributed by atoms with E-state index >= 15 is 0 Å². The van der Waals surface area contributed by atoms with Gasteiger partial charge in [-0.2, -0.15) is 0 Å². The van der Waals surface area contributed by atoms with Crippen molar-refractivity contribution in [3.63, 3.8) is 0 Å². The molecule has 6 heteroatoms. The van der Waals surface area contributed by atoms with Crippen LogP contribution >= 0.6 is 0 Å². The zero-order chi connectivity index (χ0) is 20.4. The summed E-state index contributed by atoms with van der Waals surface area (Å²) >= 11 is 0. The molecular formula is C23H27N3O3. The van der Waals surface area contributed by atoms with Crippen molar-refractivity contribution in [2.45, 2.75) is 39.3 Å². The molecule has 1 saturated heterocycles. The Hall–Kier alpha value is -2.86. The van der Waals surface area contributed by atoms with E-state index in [1.807, 2.05) is 54.3 Å². The number of nitrogens with one attached hydrogen (secondary N) is 1. The molecule has 1 aliphatic rings. The van der Waals surface area contributed by atoms with Crippen molar-refractivity contribution in [3.8, 4) is 5.75 Å². The van der Waals surface area contributed by atoms with Crippen LogP contribution in [0, 0.1) is 12.8 Å². The lowest BCUT2D eigenvalue weighted by Gasteiger charge is -2.28. The highest BCUT2D eigenvalue weighted by Crippen LogP contribution is 2.30. The first kappa shape index (κ1) is 19.5. The quantitative estimate of drug-likeness (QED) is 0.681. The number of fused-ring (bicyclic) bond motifs is 1. The van der Waals surface area contributed by atoms with Gasteiger partial charge < -0.3 is 19.4 Å². The van der Waals surface area contributed by atoms with Gasteiger partial charge in [0, 0.05) is 12.3 Å². The van der Waals surface area contributed by atoms with Crippen LogP contribution < -0.4 is 9.64 Å². The molecular weight excluding hydrogens is 366 g/mol. The summed E-state index contributed by atoms with van der Waals surface area (Å²) in [6.45, 7) is 5.16. The number of ether oxygens (including phenoxy) is 2. The van der Waals surface area contributed by atoms with Gasteiger partial charge in [0.05, 0.1) is 24.7 Å². The van der Waals surface area contributed by atoms with Gasteiger partial charge in [-0.05, 0) is 55.2 Å². The standard InChI is InChI=1S/C23H27N3O3/c1-4-17-11-12-29-22(17)23(27)26(14-16-5-8-19(28-3)9-6-16)18-7-10-20-21(13-18)25-15(2)24-20/h5-10,13,17,22H,4,11-12,14H2,1-3H3,(H,24,25)/t17-,22+/m1/s1. The summed E-state index contributed by atoms with van der Waals surface area (Å²) in [5, 5.41) is 0. The van der Waals surface area contributed by atoms with E-state index in [0.29, 0.717) is 13.2 Å². The summed E-state index contributed by atoms with van der Waals surface area (Å²) in [4.78, 5) is 23.1. The molecule has 1 fully saturated rings. The van der Waals surface area contributed by atoms with E-state index in [2.05, 4.69) is 16.9 Å². The number of rotatable bonds is 6. The summed E-state index contributed by atoms with van der Waals surface area (Å²) in [6.07, 6.45) is 1.48. The first-order valence-corrected chi connectivity index (χ1v) is 10.1. The predicted octanol–water partition coefficient (Wildman–Crippen LogP) is 4.23. The molecule has 4 rings (SSSR count). The molecule has 0 aliphatic carbocycles. The molecule has 0 radical (unpaired) electrons. The van der Waals surface area contributed by atoms with Gasteiger partial charge in [0.1, 0.15) is 17.7 Å². The molecule has 2 atom stereocenters. The Kier molecular flexibility index (Phi) is 5.53. The zero-order valence-electron chi connectivity index (χ0n) is 17.1. The highest BCUT2D eigenvalue weighted by molar-refractivity contribution is 5.98. The fourth-order valence-corrected chi connectivity index (χ4v) is 3.98. The van der Waals surface area contributed by atoms with Gasteiger partial charge in [0.25, 0.3) is 5.91 Å². The van der Waals surface area contributed by atoms with Gasteiger partial charge in [-0.15, -0.1) is 0 Å². The molecule has 29 heavy (non-hydrogen) atoms. The number of nitrogens with zero attached hydrogens (tertiary/aromatic N) is 2. The lowest BCUT2D eigenvalue weighted by atomic mass is 9.97. The van der Waals surface area contributed by atoms with Crippen LogP contribution in [0.3, 0.4) is 0 Å². The Labute approximate surface area is 170 Å². The number of amides is 1. The smallest absolute Gasteiger partial charge is 0.256 e. The number of aryl methyl sites for hydroxylation is 1. The van der Waals surface area contributed by atoms with E-state index in [1.54, 1.807) is 7.11 Å². The maximum Gasteiger partial charge on any atom is 0.256 e. The molecule has 3 aromatic rings. The molecule has 0 unspecified atom stereocenters. The lowest BCUT2D eigenvalue weighted by Crippen LogP contribution is -2.41. The molecule has 0 spiro atoms. The van der Waals surface area contributed by atoms with Crippen molar-refractivity contribution >= 4 is 22.6 Å². The summed E-state index contributed by atoms with van der Waals surface area (Å²) in [5.74, 6) is 1.93. The number of anilines is 1. The van der Waals surface area contributed by atoms with Crippen LogP contribution in [0.2, 0.25) is 0 Å². The van der Waals surface area contributed by atoms with Crippen molar-refractivity contribution in [3.05, 3.63) is 53.9 Å². The molecule has 1 amide bonds. The summed E-state index contributed by atoms with van der Waals surface area (Å²) < 4.78 is 11.1. The van der Waals surface area contributed by atoms with Crippen LogP contribution in [0.1, 0.15) is 31.2 Å². The van der Waals surface area contributed by atoms with E-state index < -0.39 is 6.10 Å². The monoisotopic (exact) mass is 393 g/mol. The normalized spacial score (nSPS) is 18.9. The second-order valence-electron chi connectivity index (χ2n) is 7.54. The minimum Gasteiger partial charge on any atom is -0.497 e. The number of carbonyl (C=O) groups is 1. The maximum absolute atomic E-state index is 13.5. The van der Waals surface area contributed by atoms with E-state index in [0.717, 1.165) is 46.7 Å². The average Bonchev–Trinajstić information content (AvgIpc) is 3.36. The van der Waals surface area contributed by atoms with Crippen molar-refractivity contribution in [2.24, 2.45) is 5.92 Å². The van der Waals surface area contributed by atoms with Crippen molar-refractivity contribution in [1.82, 2.24) is 9.97 Å². The van der Waals surface area contributed by atoms with Gasteiger partial charge in [-0.25, -0.2) is 4.98 Å². The minimum absolute atomic E-state index is 0.0146. The van der Waals surface area contributed by atoms with E-state index in [9.17, 15) is 4.79 Å². The second kappa shape index (κ2) is 8.25. The van der Waals surface area contributed by atoms with Crippen LogP contribution in [-0.4, -0.2) is 35.7 Å². The van der Waals surface area contributed by atoms with Crippen LogP contribution in [-0.2, 0) is 16.1 Å². The van der Waals surface area contributed by atoms with Crippen molar-refractivity contribution in [2.75, 3.05) is 18.6 Å². The fraction of sp³-hybridized carbons (Fsp3) is 0.391. The van der Waals surface area contributed by atoms with Crippen LogP contribution in [0.25, 0.3) is 11.0 Å². The van der Waals surface area contributed by atoms with Crippen LogP contribution in [0.4, 0.5) is 5.69 Å². The molecule has 1 N–H and O–H groups in total. The highest BCUT2D eigenvalue weighted by Gasteiger charge is 2.36. The summed E-state index contributed by atoms with van der Waals surface area (Å²) in [5.41, 5.74) is 3.69. The molecule has 2 heterocycles. The SMILES string of the molecule is CC[C@@H]1CCO[C@@H]1C(=O)N(Cc1ccc(OC)cc1)c1ccc2nc(C)[nH]c2c1. The second-order valence-corrected chi connectivity index (χ2v) is 7.54.